The van der Waals surface area contributed by atoms with Crippen LogP contribution in [0.3, 0.4) is 0 Å². The second-order valence-corrected chi connectivity index (χ2v) is 7.53. The van der Waals surface area contributed by atoms with Gasteiger partial charge in [0.05, 0.1) is 0 Å². The number of nitrogens with one attached hydrogen (secondary N) is 2. The van der Waals surface area contributed by atoms with Gasteiger partial charge in [-0.3, -0.25) is 4.90 Å². The molecule has 1 aromatic carbocycles. The van der Waals surface area contributed by atoms with Crippen molar-refractivity contribution in [1.82, 2.24) is 15.5 Å². The van der Waals surface area contributed by atoms with E-state index < -0.39 is 0 Å². The van der Waals surface area contributed by atoms with Gasteiger partial charge in [-0.2, -0.15) is 0 Å². The van der Waals surface area contributed by atoms with Crippen molar-refractivity contribution in [2.75, 3.05) is 32.7 Å². The van der Waals surface area contributed by atoms with E-state index in [2.05, 4.69) is 65.7 Å². The predicted molar refractivity (Wildman–Crippen MR) is 112 cm³/mol. The maximum absolute atomic E-state index is 4.56. The van der Waals surface area contributed by atoms with Crippen molar-refractivity contribution < 1.29 is 0 Å². The summed E-state index contributed by atoms with van der Waals surface area (Å²) in [5.41, 5.74) is 4.96. The van der Waals surface area contributed by atoms with Crippen LogP contribution in [0, 0.1) is 12.8 Å². The van der Waals surface area contributed by atoms with Gasteiger partial charge in [-0.05, 0) is 49.3 Å². The van der Waals surface area contributed by atoms with Gasteiger partial charge in [-0.15, -0.1) is 0 Å². The van der Waals surface area contributed by atoms with Crippen molar-refractivity contribution in [2.45, 2.75) is 32.7 Å². The molecule has 3 rings (SSSR count). The number of hydrogen-bond acceptors (Lipinski definition) is 3. The molecule has 0 spiro atoms. The second kappa shape index (κ2) is 8.65. The number of piperazine rings is 1. The third kappa shape index (κ3) is 4.63. The third-order valence-corrected chi connectivity index (χ3v) is 5.35. The largest absolute Gasteiger partial charge is 0.366 e. The summed E-state index contributed by atoms with van der Waals surface area (Å²) in [6, 6.07) is 6.77. The first kappa shape index (κ1) is 18.9. The van der Waals surface area contributed by atoms with Crippen molar-refractivity contribution in [3.05, 3.63) is 54.2 Å². The lowest BCUT2D eigenvalue weighted by Crippen LogP contribution is -2.49. The lowest BCUT2D eigenvalue weighted by atomic mass is 9.94. The molecule has 4 heteroatoms. The minimum absolute atomic E-state index is 0.321. The Morgan fingerprint density at radius 2 is 2.04 bits per heavy atom. The molecule has 26 heavy (non-hydrogen) atoms. The highest BCUT2D eigenvalue weighted by atomic mass is 15.2. The van der Waals surface area contributed by atoms with E-state index >= 15 is 0 Å². The van der Waals surface area contributed by atoms with Crippen LogP contribution in [-0.2, 0) is 0 Å². The Morgan fingerprint density at radius 3 is 2.69 bits per heavy atom. The fourth-order valence-corrected chi connectivity index (χ4v) is 3.73. The van der Waals surface area contributed by atoms with Gasteiger partial charge >= 0.3 is 0 Å². The Bertz CT molecular complexity index is 681. The zero-order chi connectivity index (χ0) is 18.5. The van der Waals surface area contributed by atoms with Crippen LogP contribution in [0.25, 0.3) is 5.57 Å². The molecule has 1 saturated heterocycles. The van der Waals surface area contributed by atoms with Crippen LogP contribution in [0.5, 0.6) is 0 Å². The average Bonchev–Trinajstić information content (AvgIpc) is 3.47. The quantitative estimate of drug-likeness (QED) is 0.585. The topological polar surface area (TPSA) is 39.7 Å². The van der Waals surface area contributed by atoms with Crippen molar-refractivity contribution in [2.24, 2.45) is 10.9 Å². The summed E-state index contributed by atoms with van der Waals surface area (Å²) in [5.74, 6) is 1.58. The fraction of sp³-hybridized carbons (Fsp3) is 0.500. The molecule has 0 aromatic heterocycles. The van der Waals surface area contributed by atoms with Crippen LogP contribution in [0.15, 0.2) is 42.5 Å². The number of aliphatic imine (C=N–C) groups is 1. The lowest BCUT2D eigenvalue weighted by Gasteiger charge is -2.30. The van der Waals surface area contributed by atoms with Crippen LogP contribution in [0.2, 0.25) is 0 Å². The summed E-state index contributed by atoms with van der Waals surface area (Å²) >= 11 is 0. The number of allylic oxidation sites excluding steroid dienone is 1. The Kier molecular flexibility index (Phi) is 6.28. The van der Waals surface area contributed by atoms with Crippen LogP contribution in [-0.4, -0.2) is 49.5 Å². The molecule has 1 saturated carbocycles. The van der Waals surface area contributed by atoms with Crippen molar-refractivity contribution in [3.63, 3.8) is 0 Å². The van der Waals surface area contributed by atoms with Gasteiger partial charge < -0.3 is 10.6 Å². The molecule has 1 heterocycles. The number of hydrogen-bond donors (Lipinski definition) is 2. The molecule has 2 aliphatic rings. The monoisotopic (exact) mass is 352 g/mol. The van der Waals surface area contributed by atoms with E-state index in [4.69, 9.17) is 0 Å². The van der Waals surface area contributed by atoms with Crippen molar-refractivity contribution >= 4 is 11.4 Å². The lowest BCUT2D eigenvalue weighted by molar-refractivity contribution is 0.226. The molecule has 0 unspecified atom stereocenters. The molecule has 1 aromatic rings. The van der Waals surface area contributed by atoms with Crippen LogP contribution >= 0.6 is 0 Å². The fourth-order valence-electron chi connectivity index (χ4n) is 3.73. The standard InChI is InChI=1S/C22H32N4/c1-5-24-22(25-16(2)15-26-13-11-23-12-14-26)21-8-6-7-20(18(21)4)17(3)19-9-10-19/h5-8,16,19,23H,1,3,9-15H2,2,4H3,(H,24,25)/t16-/m0/s1. The van der Waals surface area contributed by atoms with Gasteiger partial charge in [-0.25, -0.2) is 4.99 Å². The van der Waals surface area contributed by atoms with E-state index in [1.54, 1.807) is 6.20 Å². The molecule has 140 valence electrons. The SMILES string of the molecule is C=C/N=C(/N[C@@H](C)CN1CCNCC1)c1cccc(C(=C)C2CC2)c1C. The van der Waals surface area contributed by atoms with E-state index in [0.717, 1.165) is 44.1 Å². The molecule has 1 aliphatic carbocycles. The Hall–Kier alpha value is -1.91. The summed E-state index contributed by atoms with van der Waals surface area (Å²) in [7, 11) is 0. The Balaban J connectivity index is 1.75. The van der Waals surface area contributed by atoms with Crippen molar-refractivity contribution in [1.29, 1.82) is 0 Å². The molecular formula is C22H32N4. The molecule has 0 radical (unpaired) electrons. The van der Waals surface area contributed by atoms with Crippen LogP contribution < -0.4 is 10.6 Å². The van der Waals surface area contributed by atoms with Gasteiger partial charge in [0.1, 0.15) is 5.84 Å². The highest BCUT2D eigenvalue weighted by Gasteiger charge is 2.27. The molecule has 4 nitrogen and oxygen atoms in total. The first-order valence-electron chi connectivity index (χ1n) is 9.77. The summed E-state index contributed by atoms with van der Waals surface area (Å²) < 4.78 is 0. The first-order valence-corrected chi connectivity index (χ1v) is 9.77. The normalized spacial score (nSPS) is 19.8. The molecule has 2 N–H and O–H groups in total. The van der Waals surface area contributed by atoms with Gasteiger partial charge in [-0.1, -0.05) is 31.4 Å². The molecule has 0 amide bonds. The molecule has 1 aliphatic heterocycles. The van der Waals surface area contributed by atoms with Gasteiger partial charge in [0.25, 0.3) is 0 Å². The van der Waals surface area contributed by atoms with E-state index in [1.807, 2.05) is 0 Å². The number of nitrogens with zero attached hydrogens (tertiary/aromatic N) is 2. The summed E-state index contributed by atoms with van der Waals surface area (Å²) in [6.07, 6.45) is 4.17. The summed E-state index contributed by atoms with van der Waals surface area (Å²) in [6.45, 7) is 17.9. The molecule has 2 fully saturated rings. The van der Waals surface area contributed by atoms with Crippen LogP contribution in [0.4, 0.5) is 0 Å². The van der Waals surface area contributed by atoms with Gasteiger partial charge in [0.2, 0.25) is 0 Å². The second-order valence-electron chi connectivity index (χ2n) is 7.53. The van der Waals surface area contributed by atoms with Crippen LogP contribution in [0.1, 0.15) is 36.5 Å². The first-order chi connectivity index (χ1) is 12.6. The predicted octanol–water partition coefficient (Wildman–Crippen LogP) is 3.19. The van der Waals surface area contributed by atoms with E-state index in [9.17, 15) is 0 Å². The molecular weight excluding hydrogens is 320 g/mol. The summed E-state index contributed by atoms with van der Waals surface area (Å²) in [5, 5.41) is 7.03. The highest BCUT2D eigenvalue weighted by Crippen LogP contribution is 2.42. The smallest absolute Gasteiger partial charge is 0.133 e. The third-order valence-electron chi connectivity index (χ3n) is 5.35. The maximum Gasteiger partial charge on any atom is 0.133 e. The Labute approximate surface area is 158 Å². The zero-order valence-electron chi connectivity index (χ0n) is 16.2. The molecule has 1 atom stereocenters. The maximum atomic E-state index is 4.56. The van der Waals surface area contributed by atoms with E-state index in [0.29, 0.717) is 12.0 Å². The van der Waals surface area contributed by atoms with E-state index in [-0.39, 0.29) is 0 Å². The van der Waals surface area contributed by atoms with Gasteiger partial charge in [0, 0.05) is 50.5 Å². The number of amidine groups is 1. The Morgan fingerprint density at radius 1 is 1.35 bits per heavy atom. The number of benzene rings is 1. The minimum Gasteiger partial charge on any atom is -0.366 e. The summed E-state index contributed by atoms with van der Waals surface area (Å²) in [4.78, 5) is 7.06. The van der Waals surface area contributed by atoms with Gasteiger partial charge in [0.15, 0.2) is 0 Å². The minimum atomic E-state index is 0.321. The average molecular weight is 353 g/mol. The number of rotatable bonds is 7. The molecule has 0 bridgehead atoms. The van der Waals surface area contributed by atoms with Crippen molar-refractivity contribution in [3.8, 4) is 0 Å². The van der Waals surface area contributed by atoms with E-state index in [1.165, 1.54) is 29.5 Å². The highest BCUT2D eigenvalue weighted by molar-refractivity contribution is 6.01. The zero-order valence-corrected chi connectivity index (χ0v) is 16.2.